The Morgan fingerprint density at radius 1 is 1.00 bits per heavy atom. The molecule has 0 saturated carbocycles. The molecule has 2 saturated heterocycles. The lowest BCUT2D eigenvalue weighted by Gasteiger charge is -2.37. The van der Waals surface area contributed by atoms with Crippen molar-refractivity contribution in [3.8, 4) is 0 Å². The summed E-state index contributed by atoms with van der Waals surface area (Å²) in [6.45, 7) is 13.6. The van der Waals surface area contributed by atoms with Crippen LogP contribution in [-0.4, -0.2) is 48.9 Å². The number of nitrogens with one attached hydrogen (secondary N) is 2. The van der Waals surface area contributed by atoms with E-state index in [0.717, 1.165) is 19.0 Å². The van der Waals surface area contributed by atoms with Gasteiger partial charge in [-0.1, -0.05) is 27.7 Å². The summed E-state index contributed by atoms with van der Waals surface area (Å²) in [6.07, 6.45) is 3.35. The van der Waals surface area contributed by atoms with E-state index in [9.17, 15) is 0 Å². The van der Waals surface area contributed by atoms with Crippen LogP contribution in [0.1, 0.15) is 47.5 Å². The Bertz CT molecular complexity index is 326. The van der Waals surface area contributed by atoms with Crippen LogP contribution in [0.4, 0.5) is 0 Å². The summed E-state index contributed by atoms with van der Waals surface area (Å²) in [7, 11) is 0. The predicted octanol–water partition coefficient (Wildman–Crippen LogP) is 3.15. The number of hydrogen-bond donors (Lipinski definition) is 2. The molecule has 0 spiro atoms. The van der Waals surface area contributed by atoms with Crippen LogP contribution in [0, 0.1) is 17.8 Å². The minimum Gasteiger partial charge on any atom is -0.372 e. The Balaban J connectivity index is 1.73. The van der Waals surface area contributed by atoms with Gasteiger partial charge in [0.1, 0.15) is 0 Å². The van der Waals surface area contributed by atoms with Crippen LogP contribution in [-0.2, 0) is 4.74 Å². The molecule has 0 aromatic rings. The van der Waals surface area contributed by atoms with E-state index in [2.05, 4.69) is 57.0 Å². The van der Waals surface area contributed by atoms with Gasteiger partial charge < -0.3 is 15.4 Å². The molecule has 4 heteroatoms. The summed E-state index contributed by atoms with van der Waals surface area (Å²) in [5.74, 6) is 4.54. The third kappa shape index (κ3) is 5.40. The third-order valence-electron chi connectivity index (χ3n) is 5.35. The fraction of sp³-hybridized carbons (Fsp3) is 1.00. The van der Waals surface area contributed by atoms with Crippen molar-refractivity contribution in [2.75, 3.05) is 24.6 Å². The normalized spacial score (nSPS) is 36.3. The van der Waals surface area contributed by atoms with Gasteiger partial charge in [-0.2, -0.15) is 11.8 Å². The topological polar surface area (TPSA) is 33.3 Å². The van der Waals surface area contributed by atoms with Crippen molar-refractivity contribution >= 4 is 11.8 Å². The van der Waals surface area contributed by atoms with E-state index in [-0.39, 0.29) is 0 Å². The monoisotopic (exact) mass is 328 g/mol. The lowest BCUT2D eigenvalue weighted by molar-refractivity contribution is -0.0825. The van der Waals surface area contributed by atoms with Gasteiger partial charge in [0.05, 0.1) is 12.2 Å². The fourth-order valence-corrected chi connectivity index (χ4v) is 4.76. The molecular formula is C18H36N2OS. The number of ether oxygens (including phenoxy) is 1. The van der Waals surface area contributed by atoms with Gasteiger partial charge in [-0.25, -0.2) is 0 Å². The first kappa shape index (κ1) is 18.6. The van der Waals surface area contributed by atoms with Crippen molar-refractivity contribution in [1.82, 2.24) is 10.6 Å². The summed E-state index contributed by atoms with van der Waals surface area (Å²) in [5, 5.41) is 7.34. The van der Waals surface area contributed by atoms with Gasteiger partial charge in [-0.05, 0) is 37.5 Å². The number of rotatable bonds is 6. The van der Waals surface area contributed by atoms with Crippen molar-refractivity contribution in [2.24, 2.45) is 17.8 Å². The minimum atomic E-state index is 0.385. The lowest BCUT2D eigenvalue weighted by Crippen LogP contribution is -2.49. The number of thioether (sulfide) groups is 1. The van der Waals surface area contributed by atoms with E-state index in [4.69, 9.17) is 4.74 Å². The molecule has 0 amide bonds. The number of hydrogen-bond acceptors (Lipinski definition) is 4. The van der Waals surface area contributed by atoms with Crippen molar-refractivity contribution < 1.29 is 4.74 Å². The molecule has 2 unspecified atom stereocenters. The molecular weight excluding hydrogens is 292 g/mol. The van der Waals surface area contributed by atoms with Crippen molar-refractivity contribution in [3.63, 3.8) is 0 Å². The second kappa shape index (κ2) is 8.91. The highest BCUT2D eigenvalue weighted by Crippen LogP contribution is 2.26. The third-order valence-corrected chi connectivity index (χ3v) is 6.68. The largest absolute Gasteiger partial charge is 0.372 e. The van der Waals surface area contributed by atoms with E-state index >= 15 is 0 Å². The number of morpholine rings is 1. The van der Waals surface area contributed by atoms with Crippen molar-refractivity contribution in [1.29, 1.82) is 0 Å². The second-order valence-corrected chi connectivity index (χ2v) is 8.93. The van der Waals surface area contributed by atoms with Gasteiger partial charge >= 0.3 is 0 Å². The molecule has 2 N–H and O–H groups in total. The highest BCUT2D eigenvalue weighted by atomic mass is 32.2. The first-order chi connectivity index (χ1) is 10.5. The minimum absolute atomic E-state index is 0.385. The Labute approximate surface area is 141 Å². The van der Waals surface area contributed by atoms with Crippen LogP contribution in [0.3, 0.4) is 0 Å². The predicted molar refractivity (Wildman–Crippen MR) is 97.6 cm³/mol. The van der Waals surface area contributed by atoms with Gasteiger partial charge in [0.25, 0.3) is 0 Å². The zero-order valence-electron chi connectivity index (χ0n) is 15.1. The van der Waals surface area contributed by atoms with E-state index in [0.29, 0.717) is 36.1 Å². The molecule has 6 atom stereocenters. The van der Waals surface area contributed by atoms with Gasteiger partial charge in [-0.15, -0.1) is 0 Å². The molecule has 2 aliphatic rings. The molecule has 3 nitrogen and oxygen atoms in total. The maximum absolute atomic E-state index is 6.32. The van der Waals surface area contributed by atoms with Gasteiger partial charge in [0, 0.05) is 36.7 Å². The maximum atomic E-state index is 6.32. The molecule has 2 rings (SSSR count). The van der Waals surface area contributed by atoms with Gasteiger partial charge in [0.15, 0.2) is 0 Å². The quantitative estimate of drug-likeness (QED) is 0.785. The molecule has 0 aromatic heterocycles. The van der Waals surface area contributed by atoms with E-state index < -0.39 is 0 Å². The molecule has 22 heavy (non-hydrogen) atoms. The second-order valence-electron chi connectivity index (χ2n) is 7.86. The summed E-state index contributed by atoms with van der Waals surface area (Å²) in [4.78, 5) is 0. The molecule has 0 bridgehead atoms. The van der Waals surface area contributed by atoms with Crippen LogP contribution in [0.5, 0.6) is 0 Å². The van der Waals surface area contributed by atoms with Crippen LogP contribution < -0.4 is 10.6 Å². The maximum Gasteiger partial charge on any atom is 0.0729 e. The average Bonchev–Trinajstić information content (AvgIpc) is 2.52. The van der Waals surface area contributed by atoms with E-state index in [1.54, 1.807) is 0 Å². The van der Waals surface area contributed by atoms with Crippen LogP contribution >= 0.6 is 11.8 Å². The average molecular weight is 329 g/mol. The highest BCUT2D eigenvalue weighted by molar-refractivity contribution is 7.99. The van der Waals surface area contributed by atoms with Crippen LogP contribution in [0.25, 0.3) is 0 Å². The van der Waals surface area contributed by atoms with E-state index in [1.807, 2.05) is 0 Å². The van der Waals surface area contributed by atoms with Crippen molar-refractivity contribution in [3.05, 3.63) is 0 Å². The Kier molecular flexibility index (Phi) is 7.52. The Hall–Kier alpha value is 0.230. The zero-order valence-corrected chi connectivity index (χ0v) is 15.9. The van der Waals surface area contributed by atoms with Gasteiger partial charge in [0.2, 0.25) is 0 Å². The van der Waals surface area contributed by atoms with Crippen LogP contribution in [0.2, 0.25) is 0 Å². The zero-order chi connectivity index (χ0) is 16.1. The van der Waals surface area contributed by atoms with Crippen LogP contribution in [0.15, 0.2) is 0 Å². The molecule has 2 fully saturated rings. The highest BCUT2D eigenvalue weighted by Gasteiger charge is 2.29. The Morgan fingerprint density at radius 3 is 2.36 bits per heavy atom. The fourth-order valence-electron chi connectivity index (χ4n) is 3.49. The molecule has 2 aliphatic heterocycles. The van der Waals surface area contributed by atoms with E-state index in [1.165, 1.54) is 24.3 Å². The Morgan fingerprint density at radius 2 is 1.68 bits per heavy atom. The lowest BCUT2D eigenvalue weighted by atomic mass is 9.89. The molecule has 0 radical (unpaired) electrons. The summed E-state index contributed by atoms with van der Waals surface area (Å²) in [5.41, 5.74) is 0. The van der Waals surface area contributed by atoms with Gasteiger partial charge in [-0.3, -0.25) is 0 Å². The smallest absolute Gasteiger partial charge is 0.0729 e. The summed E-state index contributed by atoms with van der Waals surface area (Å²) in [6, 6.07) is 1.36. The first-order valence-corrected chi connectivity index (χ1v) is 10.3. The molecule has 0 aliphatic carbocycles. The summed E-state index contributed by atoms with van der Waals surface area (Å²) >= 11 is 2.11. The standard InChI is InChI=1S/C18H36N2OS/c1-12(2)17-8-19-9-18(21-17)14(4)7-6-13(3)16-11-22-10-15(5)20-16/h12-20H,6-11H2,1-5H3/t13?,14?,15-,16+,17+,18+/m1/s1. The molecule has 0 aromatic carbocycles. The molecule has 130 valence electrons. The van der Waals surface area contributed by atoms with Crippen molar-refractivity contribution in [2.45, 2.75) is 71.8 Å². The summed E-state index contributed by atoms with van der Waals surface area (Å²) < 4.78 is 6.32. The SMILES string of the molecule is CC(CCC(C)[C@@H]1CNC[C@@H](C(C)C)O1)[C@@H]1CSC[C@@H](C)N1. The molecule has 2 heterocycles. The first-order valence-electron chi connectivity index (χ1n) is 9.17.